The SMILES string of the molecule is Cn1nc(C2CCN(C(=O)C3CC3)C2)n(-c2ccc(-c3ccc4ccccc4c3)cc2)c1=O. The highest BCUT2D eigenvalue weighted by Gasteiger charge is 2.38. The first-order valence-electron chi connectivity index (χ1n) is 11.6. The van der Waals surface area contributed by atoms with Crippen molar-refractivity contribution in [1.82, 2.24) is 19.2 Å². The first-order valence-corrected chi connectivity index (χ1v) is 11.6. The van der Waals surface area contributed by atoms with Gasteiger partial charge in [0.15, 0.2) is 0 Å². The molecule has 2 fully saturated rings. The summed E-state index contributed by atoms with van der Waals surface area (Å²) in [6.45, 7) is 1.38. The van der Waals surface area contributed by atoms with E-state index < -0.39 is 0 Å². The lowest BCUT2D eigenvalue weighted by Gasteiger charge is -2.16. The predicted molar refractivity (Wildman–Crippen MR) is 128 cm³/mol. The van der Waals surface area contributed by atoms with Crippen molar-refractivity contribution in [3.63, 3.8) is 0 Å². The zero-order valence-corrected chi connectivity index (χ0v) is 18.6. The summed E-state index contributed by atoms with van der Waals surface area (Å²) < 4.78 is 3.11. The van der Waals surface area contributed by atoms with Crippen molar-refractivity contribution < 1.29 is 4.79 Å². The van der Waals surface area contributed by atoms with Crippen LogP contribution in [0.25, 0.3) is 27.6 Å². The van der Waals surface area contributed by atoms with Crippen LogP contribution in [0.2, 0.25) is 0 Å². The highest BCUT2D eigenvalue weighted by atomic mass is 16.2. The van der Waals surface area contributed by atoms with E-state index in [1.807, 2.05) is 29.2 Å². The zero-order chi connectivity index (χ0) is 22.5. The quantitative estimate of drug-likeness (QED) is 0.482. The average Bonchev–Trinajstić information content (AvgIpc) is 3.51. The van der Waals surface area contributed by atoms with Crippen LogP contribution >= 0.6 is 0 Å². The molecule has 1 atom stereocenters. The largest absolute Gasteiger partial charge is 0.350 e. The number of benzene rings is 3. The molecule has 3 aromatic carbocycles. The molecule has 1 aliphatic heterocycles. The highest BCUT2D eigenvalue weighted by molar-refractivity contribution is 5.87. The van der Waals surface area contributed by atoms with Crippen LogP contribution in [0.1, 0.15) is 31.0 Å². The Morgan fingerprint density at radius 1 is 0.909 bits per heavy atom. The van der Waals surface area contributed by atoms with Crippen LogP contribution in [0.4, 0.5) is 0 Å². The minimum atomic E-state index is -0.157. The number of rotatable bonds is 4. The maximum absolute atomic E-state index is 13.0. The molecule has 4 aromatic rings. The summed E-state index contributed by atoms with van der Waals surface area (Å²) in [7, 11) is 1.69. The smallest absolute Gasteiger partial charge is 0.342 e. The molecule has 1 saturated heterocycles. The first kappa shape index (κ1) is 20.0. The molecule has 6 rings (SSSR count). The topological polar surface area (TPSA) is 60.1 Å². The molecule has 0 N–H and O–H groups in total. The lowest BCUT2D eigenvalue weighted by atomic mass is 10.0. The number of amides is 1. The maximum Gasteiger partial charge on any atom is 0.350 e. The molecule has 1 saturated carbocycles. The Bertz CT molecular complexity index is 1410. The monoisotopic (exact) mass is 438 g/mol. The van der Waals surface area contributed by atoms with Crippen LogP contribution in [0.3, 0.4) is 0 Å². The van der Waals surface area contributed by atoms with Gasteiger partial charge in [-0.05, 0) is 59.4 Å². The zero-order valence-electron chi connectivity index (χ0n) is 18.6. The Hall–Kier alpha value is -3.67. The molecule has 2 heterocycles. The van der Waals surface area contributed by atoms with Gasteiger partial charge in [0.1, 0.15) is 5.82 Å². The van der Waals surface area contributed by atoms with Gasteiger partial charge in [-0.25, -0.2) is 14.0 Å². The third-order valence-corrected chi connectivity index (χ3v) is 6.95. The molecule has 1 aromatic heterocycles. The molecular weight excluding hydrogens is 412 g/mol. The fraction of sp³-hybridized carbons (Fsp3) is 0.296. The highest BCUT2D eigenvalue weighted by Crippen LogP contribution is 2.35. The molecule has 6 heteroatoms. The van der Waals surface area contributed by atoms with Crippen LogP contribution in [0.5, 0.6) is 0 Å². The molecule has 1 aliphatic carbocycles. The summed E-state index contributed by atoms with van der Waals surface area (Å²) in [5.74, 6) is 1.30. The van der Waals surface area contributed by atoms with E-state index in [0.29, 0.717) is 6.54 Å². The van der Waals surface area contributed by atoms with Gasteiger partial charge in [-0.15, -0.1) is 0 Å². The lowest BCUT2D eigenvalue weighted by molar-refractivity contribution is -0.131. The van der Waals surface area contributed by atoms with Crippen molar-refractivity contribution in [2.75, 3.05) is 13.1 Å². The fourth-order valence-corrected chi connectivity index (χ4v) is 4.92. The number of carbonyl (C=O) groups is 1. The van der Waals surface area contributed by atoms with Gasteiger partial charge in [0.2, 0.25) is 5.91 Å². The Morgan fingerprint density at radius 3 is 2.39 bits per heavy atom. The summed E-state index contributed by atoms with van der Waals surface area (Å²) >= 11 is 0. The molecule has 1 unspecified atom stereocenters. The van der Waals surface area contributed by atoms with Crippen molar-refractivity contribution in [1.29, 1.82) is 0 Å². The summed E-state index contributed by atoms with van der Waals surface area (Å²) in [6.07, 6.45) is 2.86. The van der Waals surface area contributed by atoms with E-state index >= 15 is 0 Å². The molecule has 0 radical (unpaired) electrons. The van der Waals surface area contributed by atoms with Crippen molar-refractivity contribution in [2.24, 2.45) is 13.0 Å². The van der Waals surface area contributed by atoms with Crippen molar-refractivity contribution in [3.8, 4) is 16.8 Å². The lowest BCUT2D eigenvalue weighted by Crippen LogP contribution is -2.30. The van der Waals surface area contributed by atoms with Gasteiger partial charge in [0, 0.05) is 32.0 Å². The van der Waals surface area contributed by atoms with Crippen LogP contribution in [0.15, 0.2) is 71.5 Å². The molecular formula is C27H26N4O2. The minimum Gasteiger partial charge on any atom is -0.342 e. The Balaban J connectivity index is 1.31. The van der Waals surface area contributed by atoms with E-state index in [-0.39, 0.29) is 23.4 Å². The molecule has 33 heavy (non-hydrogen) atoms. The van der Waals surface area contributed by atoms with Crippen molar-refractivity contribution >= 4 is 16.7 Å². The second-order valence-electron chi connectivity index (χ2n) is 9.25. The summed E-state index contributed by atoms with van der Waals surface area (Å²) in [4.78, 5) is 27.4. The molecule has 2 aliphatic rings. The van der Waals surface area contributed by atoms with Crippen LogP contribution in [0, 0.1) is 5.92 Å². The second kappa shape index (κ2) is 7.73. The normalized spacial score (nSPS) is 18.2. The van der Waals surface area contributed by atoms with Gasteiger partial charge in [0.25, 0.3) is 0 Å². The maximum atomic E-state index is 13.0. The predicted octanol–water partition coefficient (Wildman–Crippen LogP) is 4.12. The minimum absolute atomic E-state index is 0.0711. The number of aryl methyl sites for hydroxylation is 1. The third-order valence-electron chi connectivity index (χ3n) is 6.95. The number of carbonyl (C=O) groups excluding carboxylic acids is 1. The van der Waals surface area contributed by atoms with Gasteiger partial charge in [-0.1, -0.05) is 48.5 Å². The van der Waals surface area contributed by atoms with Gasteiger partial charge in [-0.3, -0.25) is 4.79 Å². The molecule has 166 valence electrons. The Kier molecular flexibility index (Phi) is 4.68. The molecule has 1 amide bonds. The molecule has 6 nitrogen and oxygen atoms in total. The van der Waals surface area contributed by atoms with Gasteiger partial charge >= 0.3 is 5.69 Å². The van der Waals surface area contributed by atoms with E-state index in [0.717, 1.165) is 48.4 Å². The molecule has 0 bridgehead atoms. The Morgan fingerprint density at radius 2 is 1.64 bits per heavy atom. The number of aromatic nitrogens is 3. The van der Waals surface area contributed by atoms with E-state index in [1.54, 1.807) is 11.6 Å². The van der Waals surface area contributed by atoms with E-state index in [9.17, 15) is 9.59 Å². The second-order valence-corrected chi connectivity index (χ2v) is 9.25. The first-order chi connectivity index (χ1) is 16.1. The number of hydrogen-bond acceptors (Lipinski definition) is 3. The van der Waals surface area contributed by atoms with Gasteiger partial charge < -0.3 is 4.90 Å². The van der Waals surface area contributed by atoms with E-state index in [1.165, 1.54) is 15.5 Å². The standard InChI is InChI=1S/C27H26N4O2/c1-29-27(33)31(25(28-29)23-14-15-30(17-23)26(32)20-7-8-20)24-12-10-19(11-13-24)22-9-6-18-4-2-3-5-21(18)16-22/h2-6,9-13,16,20,23H,7-8,14-15,17H2,1H3. The number of nitrogens with zero attached hydrogens (tertiary/aromatic N) is 4. The Labute approximate surface area is 192 Å². The molecule has 0 spiro atoms. The van der Waals surface area contributed by atoms with Gasteiger partial charge in [0.05, 0.1) is 5.69 Å². The van der Waals surface area contributed by atoms with E-state index in [4.69, 9.17) is 0 Å². The fourth-order valence-electron chi connectivity index (χ4n) is 4.92. The summed E-state index contributed by atoms with van der Waals surface area (Å²) in [5.41, 5.74) is 2.89. The number of hydrogen-bond donors (Lipinski definition) is 0. The number of fused-ring (bicyclic) bond motifs is 1. The van der Waals surface area contributed by atoms with Crippen molar-refractivity contribution in [2.45, 2.75) is 25.2 Å². The summed E-state index contributed by atoms with van der Waals surface area (Å²) in [6, 6.07) is 22.9. The van der Waals surface area contributed by atoms with Gasteiger partial charge in [-0.2, -0.15) is 5.10 Å². The van der Waals surface area contributed by atoms with E-state index in [2.05, 4.69) is 47.6 Å². The summed E-state index contributed by atoms with van der Waals surface area (Å²) in [5, 5.41) is 6.99. The van der Waals surface area contributed by atoms with Crippen molar-refractivity contribution in [3.05, 3.63) is 83.0 Å². The van der Waals surface area contributed by atoms with Crippen LogP contribution < -0.4 is 5.69 Å². The van der Waals surface area contributed by atoms with Crippen LogP contribution in [-0.2, 0) is 11.8 Å². The average molecular weight is 439 g/mol. The third kappa shape index (κ3) is 3.55. The number of likely N-dealkylation sites (tertiary alicyclic amines) is 1. The van der Waals surface area contributed by atoms with Crippen LogP contribution in [-0.4, -0.2) is 38.2 Å².